The summed E-state index contributed by atoms with van der Waals surface area (Å²) in [5.41, 5.74) is 2.55. The van der Waals surface area contributed by atoms with Crippen LogP contribution in [0.25, 0.3) is 0 Å². The standard InChI is InChI=1S/C18H26BrN/c1-14(2)20-13-18(15-7-3-4-8-16(15)19)11-17(12-18)9-5-6-10-17/h3-4,7-8,14,20H,5-6,9-13H2,1-2H3. The van der Waals surface area contributed by atoms with Crippen molar-refractivity contribution in [2.75, 3.05) is 6.54 Å². The van der Waals surface area contributed by atoms with Crippen LogP contribution in [0.4, 0.5) is 0 Å². The highest BCUT2D eigenvalue weighted by Crippen LogP contribution is 2.63. The van der Waals surface area contributed by atoms with E-state index in [1.807, 2.05) is 0 Å². The second-order valence-corrected chi connectivity index (χ2v) is 8.21. The van der Waals surface area contributed by atoms with E-state index in [-0.39, 0.29) is 0 Å². The average Bonchev–Trinajstić information content (AvgIpc) is 2.84. The van der Waals surface area contributed by atoms with Gasteiger partial charge in [-0.1, -0.05) is 60.8 Å². The number of benzene rings is 1. The first kappa shape index (κ1) is 14.6. The van der Waals surface area contributed by atoms with Crippen LogP contribution in [0.15, 0.2) is 28.7 Å². The van der Waals surface area contributed by atoms with Gasteiger partial charge >= 0.3 is 0 Å². The topological polar surface area (TPSA) is 12.0 Å². The summed E-state index contributed by atoms with van der Waals surface area (Å²) in [5, 5.41) is 3.70. The highest BCUT2D eigenvalue weighted by atomic mass is 79.9. The monoisotopic (exact) mass is 335 g/mol. The minimum Gasteiger partial charge on any atom is -0.314 e. The van der Waals surface area contributed by atoms with Crippen LogP contribution in [0, 0.1) is 5.41 Å². The van der Waals surface area contributed by atoms with Gasteiger partial charge in [0.2, 0.25) is 0 Å². The average molecular weight is 336 g/mol. The maximum atomic E-state index is 3.78. The maximum Gasteiger partial charge on any atom is 0.0213 e. The van der Waals surface area contributed by atoms with Gasteiger partial charge in [-0.15, -0.1) is 0 Å². The first-order valence-corrected chi connectivity index (χ1v) is 8.83. The molecule has 1 aromatic carbocycles. The van der Waals surface area contributed by atoms with Gasteiger partial charge in [0.1, 0.15) is 0 Å². The third-order valence-electron chi connectivity index (χ3n) is 5.38. The Balaban J connectivity index is 1.84. The van der Waals surface area contributed by atoms with Crippen LogP contribution in [0.5, 0.6) is 0 Å². The van der Waals surface area contributed by atoms with Crippen LogP contribution < -0.4 is 5.32 Å². The van der Waals surface area contributed by atoms with Crippen molar-refractivity contribution in [3.8, 4) is 0 Å². The van der Waals surface area contributed by atoms with E-state index in [4.69, 9.17) is 0 Å². The van der Waals surface area contributed by atoms with E-state index in [0.717, 1.165) is 6.54 Å². The van der Waals surface area contributed by atoms with E-state index in [9.17, 15) is 0 Å². The first-order valence-electron chi connectivity index (χ1n) is 8.04. The smallest absolute Gasteiger partial charge is 0.0213 e. The van der Waals surface area contributed by atoms with Gasteiger partial charge in [0.25, 0.3) is 0 Å². The molecule has 1 N–H and O–H groups in total. The SMILES string of the molecule is CC(C)NCC1(c2ccccc2Br)CC2(CCCC2)C1. The Hall–Kier alpha value is -0.340. The van der Waals surface area contributed by atoms with Crippen LogP contribution in [0.1, 0.15) is 57.9 Å². The molecule has 1 nitrogen and oxygen atoms in total. The lowest BCUT2D eigenvalue weighted by Gasteiger charge is -2.56. The molecule has 0 saturated heterocycles. The summed E-state index contributed by atoms with van der Waals surface area (Å²) in [4.78, 5) is 0. The number of hydrogen-bond acceptors (Lipinski definition) is 1. The van der Waals surface area contributed by atoms with Gasteiger partial charge in [-0.2, -0.15) is 0 Å². The fourth-order valence-corrected chi connectivity index (χ4v) is 5.27. The van der Waals surface area contributed by atoms with Crippen LogP contribution >= 0.6 is 15.9 Å². The highest BCUT2D eigenvalue weighted by Gasteiger charge is 2.55. The molecule has 0 aromatic heterocycles. The molecular formula is C18H26BrN. The summed E-state index contributed by atoms with van der Waals surface area (Å²) in [6.45, 7) is 5.62. The second kappa shape index (κ2) is 5.46. The van der Waals surface area contributed by atoms with Crippen molar-refractivity contribution in [3.63, 3.8) is 0 Å². The third kappa shape index (κ3) is 2.57. The molecule has 2 aliphatic carbocycles. The van der Waals surface area contributed by atoms with Gasteiger partial charge < -0.3 is 5.32 Å². The molecule has 0 unspecified atom stereocenters. The summed E-state index contributed by atoms with van der Waals surface area (Å²) in [7, 11) is 0. The van der Waals surface area contributed by atoms with Gasteiger partial charge in [-0.05, 0) is 42.7 Å². The molecule has 2 heteroatoms. The van der Waals surface area contributed by atoms with E-state index in [1.54, 1.807) is 0 Å². The largest absolute Gasteiger partial charge is 0.314 e. The maximum absolute atomic E-state index is 3.78. The lowest BCUT2D eigenvalue weighted by molar-refractivity contribution is 0.0253. The second-order valence-electron chi connectivity index (χ2n) is 7.36. The van der Waals surface area contributed by atoms with Gasteiger partial charge in [0.05, 0.1) is 0 Å². The molecule has 0 aliphatic heterocycles. The molecule has 0 bridgehead atoms. The summed E-state index contributed by atoms with van der Waals surface area (Å²) in [6.07, 6.45) is 8.57. The van der Waals surface area contributed by atoms with Crippen molar-refractivity contribution in [2.45, 2.75) is 63.8 Å². The summed E-state index contributed by atoms with van der Waals surface area (Å²) in [6, 6.07) is 9.41. The fraction of sp³-hybridized carbons (Fsp3) is 0.667. The number of nitrogens with one attached hydrogen (secondary N) is 1. The molecule has 1 aromatic rings. The number of halogens is 1. The molecule has 0 atom stereocenters. The molecule has 110 valence electrons. The minimum atomic E-state index is 0.356. The predicted molar refractivity (Wildman–Crippen MR) is 89.1 cm³/mol. The molecular weight excluding hydrogens is 310 g/mol. The summed E-state index contributed by atoms with van der Waals surface area (Å²) in [5.74, 6) is 0. The van der Waals surface area contributed by atoms with Crippen LogP contribution in [0.2, 0.25) is 0 Å². The Bertz CT molecular complexity index is 466. The van der Waals surface area contributed by atoms with Crippen LogP contribution in [0.3, 0.4) is 0 Å². The van der Waals surface area contributed by atoms with Crippen molar-refractivity contribution in [1.29, 1.82) is 0 Å². The van der Waals surface area contributed by atoms with Gasteiger partial charge in [0.15, 0.2) is 0 Å². The Labute approximate surface area is 131 Å². The Morgan fingerprint density at radius 3 is 2.40 bits per heavy atom. The zero-order valence-electron chi connectivity index (χ0n) is 12.7. The van der Waals surface area contributed by atoms with E-state index < -0.39 is 0 Å². The molecule has 2 aliphatic rings. The molecule has 2 saturated carbocycles. The highest BCUT2D eigenvalue weighted by molar-refractivity contribution is 9.10. The minimum absolute atomic E-state index is 0.356. The van der Waals surface area contributed by atoms with Crippen molar-refractivity contribution in [1.82, 2.24) is 5.32 Å². The van der Waals surface area contributed by atoms with Crippen molar-refractivity contribution >= 4 is 15.9 Å². The predicted octanol–water partition coefficient (Wildman–Crippen LogP) is 5.04. The lowest BCUT2D eigenvalue weighted by atomic mass is 9.49. The third-order valence-corrected chi connectivity index (χ3v) is 6.08. The molecule has 3 rings (SSSR count). The Morgan fingerprint density at radius 1 is 1.15 bits per heavy atom. The number of rotatable bonds is 4. The molecule has 0 amide bonds. The molecule has 20 heavy (non-hydrogen) atoms. The van der Waals surface area contributed by atoms with Gasteiger partial charge in [-0.25, -0.2) is 0 Å². The summed E-state index contributed by atoms with van der Waals surface area (Å²) >= 11 is 3.78. The van der Waals surface area contributed by atoms with E-state index in [1.165, 1.54) is 48.6 Å². The van der Waals surface area contributed by atoms with Gasteiger partial charge in [0, 0.05) is 22.5 Å². The lowest BCUT2D eigenvalue weighted by Crippen LogP contribution is -2.54. The normalized spacial score (nSPS) is 23.2. The van der Waals surface area contributed by atoms with Crippen molar-refractivity contribution < 1.29 is 0 Å². The van der Waals surface area contributed by atoms with Crippen LogP contribution in [-0.4, -0.2) is 12.6 Å². The summed E-state index contributed by atoms with van der Waals surface area (Å²) < 4.78 is 1.29. The van der Waals surface area contributed by atoms with Crippen molar-refractivity contribution in [2.24, 2.45) is 5.41 Å². The molecule has 2 fully saturated rings. The molecule has 0 radical (unpaired) electrons. The Morgan fingerprint density at radius 2 is 1.80 bits per heavy atom. The molecule has 1 spiro atoms. The fourth-order valence-electron chi connectivity index (χ4n) is 4.56. The zero-order chi connectivity index (χ0) is 14.2. The number of hydrogen-bond donors (Lipinski definition) is 1. The first-order chi connectivity index (χ1) is 9.55. The van der Waals surface area contributed by atoms with E-state index in [2.05, 4.69) is 59.4 Å². The zero-order valence-corrected chi connectivity index (χ0v) is 14.3. The van der Waals surface area contributed by atoms with E-state index >= 15 is 0 Å². The van der Waals surface area contributed by atoms with Gasteiger partial charge in [-0.3, -0.25) is 0 Å². The quantitative estimate of drug-likeness (QED) is 0.812. The van der Waals surface area contributed by atoms with Crippen molar-refractivity contribution in [3.05, 3.63) is 34.3 Å². The Kier molecular flexibility index (Phi) is 3.98. The molecule has 0 heterocycles. The van der Waals surface area contributed by atoms with Crippen LogP contribution in [-0.2, 0) is 5.41 Å². The van der Waals surface area contributed by atoms with E-state index in [0.29, 0.717) is 16.9 Å².